The highest BCUT2D eigenvalue weighted by atomic mass is 16.5. The first-order valence-corrected chi connectivity index (χ1v) is 13.0. The number of benzene rings is 3. The van der Waals surface area contributed by atoms with Crippen molar-refractivity contribution >= 4 is 35.8 Å². The number of ketones is 1. The minimum absolute atomic E-state index is 0.110. The summed E-state index contributed by atoms with van der Waals surface area (Å²) in [5.41, 5.74) is 4.88. The van der Waals surface area contributed by atoms with Gasteiger partial charge in [-0.25, -0.2) is 0 Å². The van der Waals surface area contributed by atoms with E-state index in [1.54, 1.807) is 39.6 Å². The number of carbonyl (C=O) groups excluding carboxylic acids is 1. The molecule has 0 bridgehead atoms. The predicted molar refractivity (Wildman–Crippen MR) is 161 cm³/mol. The SMILES string of the molecule is COc1ccc(/C=C/c2cc(OC)cc(OC)c2/C=C/C(=O)/C=C/c2ccc(N3CCN(C)CC3)cc2)cc1. The van der Waals surface area contributed by atoms with Crippen LogP contribution in [0.4, 0.5) is 5.69 Å². The summed E-state index contributed by atoms with van der Waals surface area (Å²) in [6.07, 6.45) is 10.8. The van der Waals surface area contributed by atoms with E-state index in [-0.39, 0.29) is 5.78 Å². The fourth-order valence-electron chi connectivity index (χ4n) is 4.39. The summed E-state index contributed by atoms with van der Waals surface area (Å²) in [6, 6.07) is 19.9. The van der Waals surface area contributed by atoms with Crippen molar-refractivity contribution in [2.75, 3.05) is 59.5 Å². The molecule has 1 saturated heterocycles. The standard InChI is InChI=1S/C33H36N2O4/c1-34-19-21-35(22-20-34)28-12-6-26(7-13-28)8-14-29(36)15-18-32-27(23-31(38-3)24-33(32)39-4)11-5-25-9-16-30(37-2)17-10-25/h5-18,23-24H,19-22H2,1-4H3/b11-5+,14-8+,18-15+. The van der Waals surface area contributed by atoms with Gasteiger partial charge < -0.3 is 24.0 Å². The minimum Gasteiger partial charge on any atom is -0.497 e. The van der Waals surface area contributed by atoms with E-state index in [9.17, 15) is 4.79 Å². The van der Waals surface area contributed by atoms with E-state index in [0.29, 0.717) is 11.5 Å². The van der Waals surface area contributed by atoms with Crippen molar-refractivity contribution in [1.29, 1.82) is 0 Å². The average Bonchev–Trinajstić information content (AvgIpc) is 2.98. The average molecular weight is 525 g/mol. The zero-order chi connectivity index (χ0) is 27.6. The van der Waals surface area contributed by atoms with Gasteiger partial charge in [-0.1, -0.05) is 42.5 Å². The number of carbonyl (C=O) groups is 1. The smallest absolute Gasteiger partial charge is 0.178 e. The Labute approximate surface area is 231 Å². The second kappa shape index (κ2) is 13.5. The number of piperazine rings is 1. The lowest BCUT2D eigenvalue weighted by atomic mass is 10.0. The highest BCUT2D eigenvalue weighted by Crippen LogP contribution is 2.31. The predicted octanol–water partition coefficient (Wildman–Crippen LogP) is 5.93. The fourth-order valence-corrected chi connectivity index (χ4v) is 4.39. The molecular weight excluding hydrogens is 488 g/mol. The molecule has 3 aromatic carbocycles. The molecule has 0 unspecified atom stereocenters. The van der Waals surface area contributed by atoms with Gasteiger partial charge in [-0.05, 0) is 72.3 Å². The topological polar surface area (TPSA) is 51.2 Å². The van der Waals surface area contributed by atoms with Crippen LogP contribution in [0.2, 0.25) is 0 Å². The second-order valence-electron chi connectivity index (χ2n) is 9.39. The van der Waals surface area contributed by atoms with Gasteiger partial charge in [-0.2, -0.15) is 0 Å². The van der Waals surface area contributed by atoms with Crippen molar-refractivity contribution in [2.45, 2.75) is 0 Å². The third-order valence-electron chi connectivity index (χ3n) is 6.79. The number of likely N-dealkylation sites (N-methyl/N-ethyl adjacent to an activating group) is 1. The van der Waals surface area contributed by atoms with Crippen LogP contribution in [0.5, 0.6) is 17.2 Å². The minimum atomic E-state index is -0.110. The Morgan fingerprint density at radius 1 is 0.692 bits per heavy atom. The number of hydrogen-bond acceptors (Lipinski definition) is 6. The maximum atomic E-state index is 12.7. The van der Waals surface area contributed by atoms with Gasteiger partial charge in [0.1, 0.15) is 17.2 Å². The molecule has 6 heteroatoms. The lowest BCUT2D eigenvalue weighted by molar-refractivity contribution is -0.110. The zero-order valence-electron chi connectivity index (χ0n) is 23.1. The highest BCUT2D eigenvalue weighted by Gasteiger charge is 2.14. The molecule has 0 aliphatic carbocycles. The fraction of sp³-hybridized carbons (Fsp3) is 0.242. The lowest BCUT2D eigenvalue weighted by Crippen LogP contribution is -2.44. The molecule has 0 radical (unpaired) electrons. The van der Waals surface area contributed by atoms with Crippen molar-refractivity contribution in [3.63, 3.8) is 0 Å². The van der Waals surface area contributed by atoms with E-state index < -0.39 is 0 Å². The van der Waals surface area contributed by atoms with Crippen molar-refractivity contribution in [3.05, 3.63) is 95.1 Å². The Hall–Kier alpha value is -4.29. The molecule has 0 aromatic heterocycles. The van der Waals surface area contributed by atoms with E-state index >= 15 is 0 Å². The highest BCUT2D eigenvalue weighted by molar-refractivity contribution is 6.05. The number of rotatable bonds is 10. The third kappa shape index (κ3) is 7.62. The number of hydrogen-bond donors (Lipinski definition) is 0. The third-order valence-corrected chi connectivity index (χ3v) is 6.79. The molecule has 1 heterocycles. The number of methoxy groups -OCH3 is 3. The van der Waals surface area contributed by atoms with Gasteiger partial charge in [0.05, 0.1) is 21.3 Å². The van der Waals surface area contributed by atoms with Crippen LogP contribution in [-0.2, 0) is 4.79 Å². The van der Waals surface area contributed by atoms with E-state index in [0.717, 1.165) is 54.2 Å². The van der Waals surface area contributed by atoms with Crippen LogP contribution in [0, 0.1) is 0 Å². The molecule has 0 N–H and O–H groups in total. The van der Waals surface area contributed by atoms with Gasteiger partial charge in [-0.3, -0.25) is 4.79 Å². The van der Waals surface area contributed by atoms with E-state index in [4.69, 9.17) is 14.2 Å². The summed E-state index contributed by atoms with van der Waals surface area (Å²) >= 11 is 0. The maximum absolute atomic E-state index is 12.7. The van der Waals surface area contributed by atoms with Crippen LogP contribution in [0.15, 0.2) is 72.8 Å². The number of anilines is 1. The number of allylic oxidation sites excluding steroid dienone is 2. The molecule has 0 spiro atoms. The molecule has 1 aliphatic heterocycles. The van der Waals surface area contributed by atoms with Crippen LogP contribution >= 0.6 is 0 Å². The number of nitrogens with zero attached hydrogens (tertiary/aromatic N) is 2. The summed E-state index contributed by atoms with van der Waals surface area (Å²) in [5, 5.41) is 0. The first-order valence-electron chi connectivity index (χ1n) is 13.0. The van der Waals surface area contributed by atoms with Gasteiger partial charge in [0.15, 0.2) is 5.78 Å². The largest absolute Gasteiger partial charge is 0.497 e. The monoisotopic (exact) mass is 524 g/mol. The Bertz CT molecular complexity index is 1330. The van der Waals surface area contributed by atoms with E-state index in [1.807, 2.05) is 54.6 Å². The van der Waals surface area contributed by atoms with Gasteiger partial charge in [-0.15, -0.1) is 0 Å². The summed E-state index contributed by atoms with van der Waals surface area (Å²) in [5.74, 6) is 1.98. The molecule has 1 fully saturated rings. The first kappa shape index (κ1) is 27.7. The lowest BCUT2D eigenvalue weighted by Gasteiger charge is -2.34. The Morgan fingerprint density at radius 3 is 1.95 bits per heavy atom. The van der Waals surface area contributed by atoms with Crippen LogP contribution in [-0.4, -0.2) is 65.2 Å². The van der Waals surface area contributed by atoms with Crippen molar-refractivity contribution in [1.82, 2.24) is 4.90 Å². The Kier molecular flexibility index (Phi) is 9.59. The number of ether oxygens (including phenoxy) is 3. The second-order valence-corrected chi connectivity index (χ2v) is 9.39. The zero-order valence-corrected chi connectivity index (χ0v) is 23.1. The molecule has 0 atom stereocenters. The molecule has 6 nitrogen and oxygen atoms in total. The summed E-state index contributed by atoms with van der Waals surface area (Å²) in [6.45, 7) is 4.20. The Balaban J connectivity index is 1.48. The normalized spacial score (nSPS) is 14.4. The molecule has 1 aliphatic rings. The molecular formula is C33H36N2O4. The molecule has 39 heavy (non-hydrogen) atoms. The van der Waals surface area contributed by atoms with Crippen LogP contribution in [0.1, 0.15) is 22.3 Å². The van der Waals surface area contributed by atoms with Crippen molar-refractivity contribution in [3.8, 4) is 17.2 Å². The van der Waals surface area contributed by atoms with E-state index in [1.165, 1.54) is 5.69 Å². The molecule has 0 saturated carbocycles. The summed E-state index contributed by atoms with van der Waals surface area (Å²) < 4.78 is 16.3. The van der Waals surface area contributed by atoms with Crippen molar-refractivity contribution in [2.24, 2.45) is 0 Å². The first-order chi connectivity index (χ1) is 19.0. The molecule has 202 valence electrons. The molecule has 4 rings (SSSR count). The summed E-state index contributed by atoms with van der Waals surface area (Å²) in [4.78, 5) is 17.5. The quantitative estimate of drug-likeness (QED) is 0.242. The van der Waals surface area contributed by atoms with Crippen LogP contribution < -0.4 is 19.1 Å². The van der Waals surface area contributed by atoms with Crippen LogP contribution in [0.25, 0.3) is 24.3 Å². The van der Waals surface area contributed by atoms with Crippen molar-refractivity contribution < 1.29 is 19.0 Å². The van der Waals surface area contributed by atoms with Gasteiger partial charge in [0, 0.05) is 43.5 Å². The van der Waals surface area contributed by atoms with Crippen LogP contribution in [0.3, 0.4) is 0 Å². The Morgan fingerprint density at radius 2 is 1.31 bits per heavy atom. The van der Waals surface area contributed by atoms with E-state index in [2.05, 4.69) is 41.1 Å². The summed E-state index contributed by atoms with van der Waals surface area (Å²) in [7, 11) is 7.03. The van der Waals surface area contributed by atoms with Gasteiger partial charge >= 0.3 is 0 Å². The maximum Gasteiger partial charge on any atom is 0.178 e. The molecule has 3 aromatic rings. The van der Waals surface area contributed by atoms with Gasteiger partial charge in [0.2, 0.25) is 0 Å². The van der Waals surface area contributed by atoms with Gasteiger partial charge in [0.25, 0.3) is 0 Å². The molecule has 0 amide bonds.